The molecule has 3 rings (SSSR count). The van der Waals surface area contributed by atoms with E-state index in [2.05, 4.69) is 12.1 Å². The van der Waals surface area contributed by atoms with Crippen molar-refractivity contribution in [2.24, 2.45) is 0 Å². The lowest BCUT2D eigenvalue weighted by molar-refractivity contribution is -0.141. The van der Waals surface area contributed by atoms with Crippen molar-refractivity contribution in [3.63, 3.8) is 0 Å². The number of benzene rings is 2. The van der Waals surface area contributed by atoms with E-state index in [1.165, 1.54) is 5.56 Å². The van der Waals surface area contributed by atoms with Gasteiger partial charge in [0.2, 0.25) is 5.91 Å². The number of hydrogen-bond donors (Lipinski definition) is 1. The molecule has 2 aromatic rings. The zero-order valence-electron chi connectivity index (χ0n) is 14.9. The highest BCUT2D eigenvalue weighted by Crippen LogP contribution is 2.29. The van der Waals surface area contributed by atoms with Gasteiger partial charge < -0.3 is 10.0 Å². The molecule has 0 saturated heterocycles. The van der Waals surface area contributed by atoms with Gasteiger partial charge in [-0.25, -0.2) is 0 Å². The maximum Gasteiger partial charge on any atom is 0.312 e. The fourth-order valence-electron chi connectivity index (χ4n) is 3.76. The molecular weight excluding hydrogens is 314 g/mol. The Balaban J connectivity index is 1.86. The lowest BCUT2D eigenvalue weighted by Crippen LogP contribution is -2.41. The summed E-state index contributed by atoms with van der Waals surface area (Å²) in [4.78, 5) is 26.2. The van der Waals surface area contributed by atoms with E-state index >= 15 is 0 Å². The quantitative estimate of drug-likeness (QED) is 0.934. The SMILES string of the molecule is Cc1cc(C)c(CC(=O)N2Cc3ccccc3C(C(=O)O)C2)c(C)c1. The normalized spacial score (nSPS) is 16.4. The van der Waals surface area contributed by atoms with Crippen LogP contribution in [0.4, 0.5) is 0 Å². The summed E-state index contributed by atoms with van der Waals surface area (Å²) < 4.78 is 0. The van der Waals surface area contributed by atoms with Gasteiger partial charge in [-0.05, 0) is 48.6 Å². The van der Waals surface area contributed by atoms with Gasteiger partial charge in [0.25, 0.3) is 0 Å². The zero-order chi connectivity index (χ0) is 18.1. The number of aryl methyl sites for hydroxylation is 3. The molecular formula is C21H23NO3. The number of carbonyl (C=O) groups excluding carboxylic acids is 1. The number of hydrogen-bond acceptors (Lipinski definition) is 2. The van der Waals surface area contributed by atoms with Crippen LogP contribution in [0.3, 0.4) is 0 Å². The largest absolute Gasteiger partial charge is 0.481 e. The molecule has 0 radical (unpaired) electrons. The Labute approximate surface area is 148 Å². The predicted molar refractivity (Wildman–Crippen MR) is 96.6 cm³/mol. The van der Waals surface area contributed by atoms with Crippen LogP contribution in [0.2, 0.25) is 0 Å². The summed E-state index contributed by atoms with van der Waals surface area (Å²) in [6, 6.07) is 11.7. The second-order valence-corrected chi connectivity index (χ2v) is 6.92. The average Bonchev–Trinajstić information content (AvgIpc) is 2.56. The Kier molecular flexibility index (Phi) is 4.62. The summed E-state index contributed by atoms with van der Waals surface area (Å²) in [7, 11) is 0. The number of carbonyl (C=O) groups is 2. The molecule has 4 nitrogen and oxygen atoms in total. The molecule has 0 spiro atoms. The van der Waals surface area contributed by atoms with Gasteiger partial charge in [0.15, 0.2) is 0 Å². The minimum absolute atomic E-state index is 0.0178. The number of nitrogens with zero attached hydrogens (tertiary/aromatic N) is 1. The van der Waals surface area contributed by atoms with Crippen LogP contribution in [0.1, 0.15) is 39.3 Å². The van der Waals surface area contributed by atoms with Crippen molar-refractivity contribution in [2.45, 2.75) is 39.7 Å². The van der Waals surface area contributed by atoms with Crippen LogP contribution < -0.4 is 0 Å². The molecule has 130 valence electrons. The van der Waals surface area contributed by atoms with E-state index in [-0.39, 0.29) is 12.5 Å². The summed E-state index contributed by atoms with van der Waals surface area (Å²) >= 11 is 0. The molecule has 1 aliphatic rings. The molecule has 2 aromatic carbocycles. The Bertz CT molecular complexity index is 818. The van der Waals surface area contributed by atoms with E-state index in [4.69, 9.17) is 0 Å². The van der Waals surface area contributed by atoms with Gasteiger partial charge >= 0.3 is 5.97 Å². The van der Waals surface area contributed by atoms with Gasteiger partial charge in [-0.3, -0.25) is 9.59 Å². The van der Waals surface area contributed by atoms with E-state index in [9.17, 15) is 14.7 Å². The van der Waals surface area contributed by atoms with E-state index in [0.717, 1.165) is 27.8 Å². The molecule has 0 aromatic heterocycles. The van der Waals surface area contributed by atoms with Crippen molar-refractivity contribution in [1.82, 2.24) is 4.90 Å². The fraction of sp³-hybridized carbons (Fsp3) is 0.333. The minimum atomic E-state index is -0.882. The van der Waals surface area contributed by atoms with Crippen LogP contribution in [-0.4, -0.2) is 28.4 Å². The first-order chi connectivity index (χ1) is 11.9. The highest BCUT2D eigenvalue weighted by molar-refractivity contribution is 5.83. The van der Waals surface area contributed by atoms with Crippen molar-refractivity contribution >= 4 is 11.9 Å². The molecule has 1 aliphatic heterocycles. The first-order valence-corrected chi connectivity index (χ1v) is 8.52. The van der Waals surface area contributed by atoms with E-state index in [1.54, 1.807) is 4.90 Å². The second kappa shape index (κ2) is 6.71. The number of amides is 1. The first kappa shape index (κ1) is 17.2. The van der Waals surface area contributed by atoms with Crippen LogP contribution >= 0.6 is 0 Å². The van der Waals surface area contributed by atoms with E-state index in [1.807, 2.05) is 45.0 Å². The van der Waals surface area contributed by atoms with Gasteiger partial charge in [0.1, 0.15) is 0 Å². The number of fused-ring (bicyclic) bond motifs is 1. The molecule has 0 fully saturated rings. The Morgan fingerprint density at radius 1 is 1.12 bits per heavy atom. The standard InChI is InChI=1S/C21H23NO3/c1-13-8-14(2)18(15(3)9-13)10-20(23)22-11-16-6-4-5-7-17(16)19(12-22)21(24)25/h4-9,19H,10-12H2,1-3H3,(H,24,25). The highest BCUT2D eigenvalue weighted by Gasteiger charge is 2.32. The molecule has 1 heterocycles. The van der Waals surface area contributed by atoms with Gasteiger partial charge in [-0.2, -0.15) is 0 Å². The molecule has 1 N–H and O–H groups in total. The van der Waals surface area contributed by atoms with Crippen molar-refractivity contribution < 1.29 is 14.7 Å². The van der Waals surface area contributed by atoms with Gasteiger partial charge in [-0.1, -0.05) is 42.0 Å². The van der Waals surface area contributed by atoms with Crippen LogP contribution in [0, 0.1) is 20.8 Å². The molecule has 1 amide bonds. The Morgan fingerprint density at radius 2 is 1.76 bits per heavy atom. The summed E-state index contributed by atoms with van der Waals surface area (Å²) in [6.45, 7) is 6.80. The Hall–Kier alpha value is -2.62. The van der Waals surface area contributed by atoms with E-state index in [0.29, 0.717) is 13.0 Å². The van der Waals surface area contributed by atoms with Gasteiger partial charge in [-0.15, -0.1) is 0 Å². The molecule has 25 heavy (non-hydrogen) atoms. The number of carboxylic acids is 1. The number of aliphatic carboxylic acids is 1. The van der Waals surface area contributed by atoms with E-state index < -0.39 is 11.9 Å². The first-order valence-electron chi connectivity index (χ1n) is 8.52. The zero-order valence-corrected chi connectivity index (χ0v) is 14.9. The van der Waals surface area contributed by atoms with Gasteiger partial charge in [0, 0.05) is 13.1 Å². The predicted octanol–water partition coefficient (Wildman–Crippen LogP) is 3.36. The average molecular weight is 337 g/mol. The highest BCUT2D eigenvalue weighted by atomic mass is 16.4. The summed E-state index contributed by atoms with van der Waals surface area (Å²) in [5.41, 5.74) is 6.19. The summed E-state index contributed by atoms with van der Waals surface area (Å²) in [6.07, 6.45) is 0.312. The second-order valence-electron chi connectivity index (χ2n) is 6.92. The van der Waals surface area contributed by atoms with Crippen molar-refractivity contribution in [2.75, 3.05) is 6.54 Å². The molecule has 1 atom stereocenters. The molecule has 0 aliphatic carbocycles. The van der Waals surface area contributed by atoms with Crippen LogP contribution in [0.25, 0.3) is 0 Å². The molecule has 4 heteroatoms. The third-order valence-corrected chi connectivity index (χ3v) is 5.01. The number of rotatable bonds is 3. The fourth-order valence-corrected chi connectivity index (χ4v) is 3.76. The van der Waals surface area contributed by atoms with Crippen LogP contribution in [-0.2, 0) is 22.6 Å². The lowest BCUT2D eigenvalue weighted by atomic mass is 9.89. The van der Waals surface area contributed by atoms with Crippen LogP contribution in [0.15, 0.2) is 36.4 Å². The Morgan fingerprint density at radius 3 is 2.40 bits per heavy atom. The van der Waals surface area contributed by atoms with Crippen molar-refractivity contribution in [3.05, 3.63) is 69.8 Å². The molecule has 0 bridgehead atoms. The third kappa shape index (κ3) is 3.43. The maximum atomic E-state index is 12.9. The summed E-state index contributed by atoms with van der Waals surface area (Å²) in [5.74, 6) is -1.56. The monoisotopic (exact) mass is 337 g/mol. The topological polar surface area (TPSA) is 57.6 Å². The summed E-state index contributed by atoms with van der Waals surface area (Å²) in [5, 5.41) is 9.56. The van der Waals surface area contributed by atoms with Crippen molar-refractivity contribution in [3.8, 4) is 0 Å². The van der Waals surface area contributed by atoms with Crippen LogP contribution in [0.5, 0.6) is 0 Å². The third-order valence-electron chi connectivity index (χ3n) is 5.01. The van der Waals surface area contributed by atoms with Crippen molar-refractivity contribution in [1.29, 1.82) is 0 Å². The maximum absolute atomic E-state index is 12.9. The molecule has 0 saturated carbocycles. The lowest BCUT2D eigenvalue weighted by Gasteiger charge is -2.33. The minimum Gasteiger partial charge on any atom is -0.481 e. The molecule has 1 unspecified atom stereocenters. The number of carboxylic acid groups (broad SMARTS) is 1. The smallest absolute Gasteiger partial charge is 0.312 e. The van der Waals surface area contributed by atoms with Gasteiger partial charge in [0.05, 0.1) is 12.3 Å².